The molecule has 1 N–H and O–H groups in total. The van der Waals surface area contributed by atoms with E-state index in [0.717, 1.165) is 69.8 Å². The van der Waals surface area contributed by atoms with Crippen LogP contribution in [0.3, 0.4) is 0 Å². The third-order valence-corrected chi connectivity index (χ3v) is 6.70. The van der Waals surface area contributed by atoms with Crippen molar-refractivity contribution in [2.75, 3.05) is 43.9 Å². The van der Waals surface area contributed by atoms with E-state index in [1.807, 2.05) is 4.57 Å². The molecule has 1 saturated heterocycles. The quantitative estimate of drug-likeness (QED) is 0.520. The number of anilines is 1. The maximum Gasteiger partial charge on any atom is 0.348 e. The van der Waals surface area contributed by atoms with Crippen LogP contribution in [0.4, 0.5) is 10.1 Å². The molecule has 1 aliphatic heterocycles. The number of morpholine rings is 1. The second-order valence-corrected chi connectivity index (χ2v) is 8.72. The number of benzene rings is 1. The highest BCUT2D eigenvalue weighted by Gasteiger charge is 2.22. The molecule has 2 heterocycles. The van der Waals surface area contributed by atoms with Crippen LogP contribution in [0.15, 0.2) is 34.1 Å². The van der Waals surface area contributed by atoms with Crippen LogP contribution in [-0.2, 0) is 28.9 Å². The number of halogens is 1. The highest BCUT2D eigenvalue weighted by atomic mass is 32.2. The minimum Gasteiger partial charge on any atom is -0.379 e. The van der Waals surface area contributed by atoms with Crippen LogP contribution in [0.2, 0.25) is 0 Å². The third-order valence-electron chi connectivity index (χ3n) is 5.68. The van der Waals surface area contributed by atoms with Gasteiger partial charge in [-0.25, -0.2) is 9.18 Å². The molecule has 7 nitrogen and oxygen atoms in total. The number of nitrogens with zero attached hydrogens (tertiary/aromatic N) is 3. The first-order valence-electron chi connectivity index (χ1n) is 10.7. The van der Waals surface area contributed by atoms with E-state index >= 15 is 0 Å². The van der Waals surface area contributed by atoms with Gasteiger partial charge in [0.25, 0.3) is 0 Å². The van der Waals surface area contributed by atoms with E-state index in [1.54, 1.807) is 12.1 Å². The molecule has 0 spiro atoms. The van der Waals surface area contributed by atoms with Crippen LogP contribution in [0, 0.1) is 5.82 Å². The Bertz CT molecular complexity index is 991. The molecule has 0 atom stereocenters. The van der Waals surface area contributed by atoms with Crippen LogP contribution in [0.1, 0.15) is 24.1 Å². The molecule has 1 aliphatic carbocycles. The number of hydrogen-bond donors (Lipinski definition) is 1. The number of ether oxygens (including phenoxy) is 1. The minimum absolute atomic E-state index is 0.0744. The topological polar surface area (TPSA) is 76.5 Å². The number of hydrogen-bond acceptors (Lipinski definition) is 6. The van der Waals surface area contributed by atoms with Crippen molar-refractivity contribution in [2.45, 2.75) is 37.3 Å². The fraction of sp³-hybridized carbons (Fsp3) is 0.500. The number of aromatic nitrogens is 2. The molecule has 31 heavy (non-hydrogen) atoms. The maximum absolute atomic E-state index is 13.8. The summed E-state index contributed by atoms with van der Waals surface area (Å²) in [5, 5.41) is 3.21. The van der Waals surface area contributed by atoms with Gasteiger partial charge in [-0.05, 0) is 37.8 Å². The van der Waals surface area contributed by atoms with Gasteiger partial charge in [-0.15, -0.1) is 0 Å². The predicted octanol–water partition coefficient (Wildman–Crippen LogP) is 2.32. The van der Waals surface area contributed by atoms with Gasteiger partial charge in [0.1, 0.15) is 10.8 Å². The fourth-order valence-corrected chi connectivity index (χ4v) is 4.92. The Morgan fingerprint density at radius 1 is 1.16 bits per heavy atom. The molecular formula is C22H27FN4O3S. The molecule has 2 aliphatic rings. The molecule has 0 bridgehead atoms. The Kier molecular flexibility index (Phi) is 7.37. The molecule has 1 aromatic carbocycles. The van der Waals surface area contributed by atoms with Crippen LogP contribution in [0.25, 0.3) is 0 Å². The van der Waals surface area contributed by atoms with Gasteiger partial charge in [0.15, 0.2) is 0 Å². The van der Waals surface area contributed by atoms with Crippen LogP contribution < -0.4 is 11.0 Å². The highest BCUT2D eigenvalue weighted by Crippen LogP contribution is 2.28. The Labute approximate surface area is 185 Å². The Morgan fingerprint density at radius 2 is 1.94 bits per heavy atom. The van der Waals surface area contributed by atoms with Crippen molar-refractivity contribution < 1.29 is 13.9 Å². The van der Waals surface area contributed by atoms with E-state index in [0.29, 0.717) is 11.6 Å². The Balaban J connectivity index is 1.45. The summed E-state index contributed by atoms with van der Waals surface area (Å²) in [7, 11) is 0. The van der Waals surface area contributed by atoms with Crippen molar-refractivity contribution in [3.63, 3.8) is 0 Å². The standard InChI is InChI=1S/C22H27FN4O3S/c23-17-6-2-3-7-18(17)24-20(28)15-31-21-16-5-1-4-8-19(16)27(22(29)25-21)10-9-26-11-13-30-14-12-26/h2-3,6-7H,1,4-5,8-15H2,(H,24,28). The zero-order chi connectivity index (χ0) is 21.6. The molecule has 1 fully saturated rings. The summed E-state index contributed by atoms with van der Waals surface area (Å²) in [6.45, 7) is 4.65. The lowest BCUT2D eigenvalue weighted by atomic mass is 9.97. The van der Waals surface area contributed by atoms with E-state index in [2.05, 4.69) is 15.2 Å². The molecule has 0 saturated carbocycles. The molecule has 4 rings (SSSR count). The lowest BCUT2D eigenvalue weighted by molar-refractivity contribution is -0.113. The second kappa shape index (κ2) is 10.4. The number of thioether (sulfide) groups is 1. The van der Waals surface area contributed by atoms with Gasteiger partial charge < -0.3 is 10.1 Å². The summed E-state index contributed by atoms with van der Waals surface area (Å²) in [5.74, 6) is -0.720. The zero-order valence-corrected chi connectivity index (χ0v) is 18.3. The summed E-state index contributed by atoms with van der Waals surface area (Å²) >= 11 is 1.25. The molecular weight excluding hydrogens is 419 g/mol. The normalized spacial score (nSPS) is 16.7. The Hall–Kier alpha value is -2.23. The SMILES string of the molecule is O=C(CSc1nc(=O)n(CCN2CCOCC2)c2c1CCCC2)Nc1ccccc1F. The Morgan fingerprint density at radius 3 is 2.74 bits per heavy atom. The summed E-state index contributed by atoms with van der Waals surface area (Å²) in [4.78, 5) is 31.7. The fourth-order valence-electron chi connectivity index (χ4n) is 4.05. The number of carbonyl (C=O) groups excluding carboxylic acids is 1. The van der Waals surface area contributed by atoms with Crippen molar-refractivity contribution in [1.82, 2.24) is 14.5 Å². The predicted molar refractivity (Wildman–Crippen MR) is 118 cm³/mol. The van der Waals surface area contributed by atoms with Gasteiger partial charge in [-0.3, -0.25) is 14.3 Å². The van der Waals surface area contributed by atoms with Crippen LogP contribution >= 0.6 is 11.8 Å². The molecule has 0 radical (unpaired) electrons. The van der Waals surface area contributed by atoms with E-state index in [9.17, 15) is 14.0 Å². The molecule has 166 valence electrons. The van der Waals surface area contributed by atoms with Gasteiger partial charge in [0, 0.05) is 37.4 Å². The van der Waals surface area contributed by atoms with Crippen molar-refractivity contribution in [3.05, 3.63) is 51.8 Å². The first kappa shape index (κ1) is 22.0. The number of rotatable bonds is 7. The monoisotopic (exact) mass is 446 g/mol. The second-order valence-electron chi connectivity index (χ2n) is 7.75. The number of amides is 1. The number of fused-ring (bicyclic) bond motifs is 1. The van der Waals surface area contributed by atoms with Crippen LogP contribution in [-0.4, -0.2) is 59.0 Å². The maximum atomic E-state index is 13.8. The molecule has 1 amide bonds. The average molecular weight is 447 g/mol. The van der Waals surface area contributed by atoms with Crippen molar-refractivity contribution >= 4 is 23.4 Å². The summed E-state index contributed by atoms with van der Waals surface area (Å²) in [6.07, 6.45) is 3.81. The number of carbonyl (C=O) groups is 1. The smallest absolute Gasteiger partial charge is 0.348 e. The molecule has 1 aromatic heterocycles. The summed E-state index contributed by atoms with van der Waals surface area (Å²) in [6, 6.07) is 6.06. The third kappa shape index (κ3) is 5.53. The van der Waals surface area contributed by atoms with Gasteiger partial charge >= 0.3 is 5.69 Å². The van der Waals surface area contributed by atoms with E-state index in [-0.39, 0.29) is 23.0 Å². The summed E-state index contributed by atoms with van der Waals surface area (Å²) in [5.41, 5.74) is 2.03. The average Bonchev–Trinajstić information content (AvgIpc) is 2.79. The largest absolute Gasteiger partial charge is 0.379 e. The first-order valence-corrected chi connectivity index (χ1v) is 11.7. The first-order chi connectivity index (χ1) is 15.1. The van der Waals surface area contributed by atoms with Gasteiger partial charge in [0.05, 0.1) is 24.7 Å². The minimum atomic E-state index is -0.473. The number of nitrogens with one attached hydrogen (secondary N) is 1. The number of para-hydroxylation sites is 1. The van der Waals surface area contributed by atoms with Crippen molar-refractivity contribution in [1.29, 1.82) is 0 Å². The molecule has 9 heteroatoms. The van der Waals surface area contributed by atoms with Gasteiger partial charge in [-0.1, -0.05) is 23.9 Å². The van der Waals surface area contributed by atoms with E-state index < -0.39 is 5.82 Å². The van der Waals surface area contributed by atoms with Gasteiger partial charge in [0.2, 0.25) is 5.91 Å². The van der Waals surface area contributed by atoms with Crippen LogP contribution in [0.5, 0.6) is 0 Å². The lowest BCUT2D eigenvalue weighted by Gasteiger charge is -2.28. The zero-order valence-electron chi connectivity index (χ0n) is 17.4. The van der Waals surface area contributed by atoms with Gasteiger partial charge in [-0.2, -0.15) is 4.98 Å². The van der Waals surface area contributed by atoms with Crippen molar-refractivity contribution in [2.24, 2.45) is 0 Å². The molecule has 0 unspecified atom stereocenters. The van der Waals surface area contributed by atoms with E-state index in [1.165, 1.54) is 23.9 Å². The lowest BCUT2D eigenvalue weighted by Crippen LogP contribution is -2.40. The molecule has 2 aromatic rings. The van der Waals surface area contributed by atoms with E-state index in [4.69, 9.17) is 4.74 Å². The summed E-state index contributed by atoms with van der Waals surface area (Å²) < 4.78 is 21.0. The van der Waals surface area contributed by atoms with Crippen molar-refractivity contribution in [3.8, 4) is 0 Å². The highest BCUT2D eigenvalue weighted by molar-refractivity contribution is 8.00.